The zero-order valence-electron chi connectivity index (χ0n) is 15.0. The van der Waals surface area contributed by atoms with Crippen LogP contribution in [0.15, 0.2) is 48.1 Å². The minimum atomic E-state index is -4.54. The van der Waals surface area contributed by atoms with E-state index < -0.39 is 11.9 Å². The lowest BCUT2D eigenvalue weighted by Gasteiger charge is -2.15. The Kier molecular flexibility index (Phi) is 6.38. The van der Waals surface area contributed by atoms with Crippen molar-refractivity contribution < 1.29 is 18.0 Å². The Morgan fingerprint density at radius 3 is 2.83 bits per heavy atom. The number of carbonyl (C=O) groups is 1. The van der Waals surface area contributed by atoms with Gasteiger partial charge in [-0.1, -0.05) is 11.6 Å². The molecule has 0 aliphatic carbocycles. The molecule has 3 rings (SSSR count). The highest BCUT2D eigenvalue weighted by molar-refractivity contribution is 7.99. The molecule has 0 unspecified atom stereocenters. The van der Waals surface area contributed by atoms with Crippen molar-refractivity contribution in [2.75, 3.05) is 17.7 Å². The topological polar surface area (TPSA) is 76.8 Å². The first kappa shape index (κ1) is 21.1. The van der Waals surface area contributed by atoms with Crippen molar-refractivity contribution in [2.24, 2.45) is 0 Å². The Bertz CT molecular complexity index is 998. The average Bonchev–Trinajstić information content (AvgIpc) is 3.09. The molecule has 12 heteroatoms. The van der Waals surface area contributed by atoms with Crippen molar-refractivity contribution in [3.05, 3.63) is 54.0 Å². The first-order chi connectivity index (χ1) is 13.8. The van der Waals surface area contributed by atoms with Crippen LogP contribution in [0.1, 0.15) is 12.1 Å². The third-order valence-electron chi connectivity index (χ3n) is 3.80. The lowest BCUT2D eigenvalue weighted by Crippen LogP contribution is -2.26. The predicted molar refractivity (Wildman–Crippen MR) is 102 cm³/mol. The van der Waals surface area contributed by atoms with Crippen LogP contribution in [0.5, 0.6) is 0 Å². The summed E-state index contributed by atoms with van der Waals surface area (Å²) in [5.41, 5.74) is 0.0706. The van der Waals surface area contributed by atoms with Crippen LogP contribution in [0, 0.1) is 0 Å². The SMILES string of the molecule is CN(C(=O)CCSc1cc(C(F)(F)F)ncn1)c1cn(-c2cccnc2)nc1Cl. The predicted octanol–water partition coefficient (Wildman–Crippen LogP) is 3.87. The zero-order valence-corrected chi connectivity index (χ0v) is 16.5. The third kappa shape index (κ3) is 5.24. The fraction of sp³-hybridized carbons (Fsp3) is 0.235. The summed E-state index contributed by atoms with van der Waals surface area (Å²) in [5, 5.41) is 4.45. The first-order valence-corrected chi connectivity index (χ1v) is 9.56. The van der Waals surface area contributed by atoms with Crippen LogP contribution < -0.4 is 4.90 Å². The van der Waals surface area contributed by atoms with Crippen LogP contribution in [0.3, 0.4) is 0 Å². The van der Waals surface area contributed by atoms with E-state index in [0.717, 1.165) is 24.2 Å². The summed E-state index contributed by atoms with van der Waals surface area (Å²) in [7, 11) is 1.55. The maximum Gasteiger partial charge on any atom is 0.433 e. The van der Waals surface area contributed by atoms with Crippen LogP contribution >= 0.6 is 23.4 Å². The van der Waals surface area contributed by atoms with Crippen LogP contribution in [-0.2, 0) is 11.0 Å². The van der Waals surface area contributed by atoms with Crippen molar-refractivity contribution >= 4 is 35.0 Å². The Labute approximate surface area is 172 Å². The molecule has 0 fully saturated rings. The van der Waals surface area contributed by atoms with E-state index in [1.807, 2.05) is 0 Å². The molecular formula is C17H14ClF3N6OS. The van der Waals surface area contributed by atoms with Crippen molar-refractivity contribution in [1.82, 2.24) is 24.7 Å². The third-order valence-corrected chi connectivity index (χ3v) is 4.99. The van der Waals surface area contributed by atoms with E-state index in [2.05, 4.69) is 20.1 Å². The summed E-state index contributed by atoms with van der Waals surface area (Å²) >= 11 is 7.19. The quantitative estimate of drug-likeness (QED) is 0.426. The summed E-state index contributed by atoms with van der Waals surface area (Å²) in [4.78, 5) is 24.8. The maximum atomic E-state index is 12.7. The highest BCUT2D eigenvalue weighted by Gasteiger charge is 2.32. The Hall–Kier alpha value is -2.66. The molecule has 0 aromatic carbocycles. The zero-order chi connectivity index (χ0) is 21.0. The molecule has 0 radical (unpaired) electrons. The number of thioether (sulfide) groups is 1. The fourth-order valence-electron chi connectivity index (χ4n) is 2.31. The van der Waals surface area contributed by atoms with Crippen LogP contribution in [0.4, 0.5) is 18.9 Å². The molecular weight excluding hydrogens is 429 g/mol. The van der Waals surface area contributed by atoms with E-state index in [1.165, 1.54) is 9.58 Å². The van der Waals surface area contributed by atoms with Gasteiger partial charge in [0.25, 0.3) is 0 Å². The minimum Gasteiger partial charge on any atom is -0.311 e. The highest BCUT2D eigenvalue weighted by Crippen LogP contribution is 2.30. The normalized spacial score (nSPS) is 11.5. The van der Waals surface area contributed by atoms with Crippen LogP contribution in [0.2, 0.25) is 5.15 Å². The Balaban J connectivity index is 1.61. The second kappa shape index (κ2) is 8.78. The van der Waals surface area contributed by atoms with Gasteiger partial charge >= 0.3 is 6.18 Å². The number of pyridine rings is 1. The van der Waals surface area contributed by atoms with Crippen molar-refractivity contribution in [1.29, 1.82) is 0 Å². The van der Waals surface area contributed by atoms with Crippen molar-refractivity contribution in [3.8, 4) is 5.69 Å². The van der Waals surface area contributed by atoms with Gasteiger partial charge in [0.05, 0.1) is 23.1 Å². The molecule has 0 atom stereocenters. The summed E-state index contributed by atoms with van der Waals surface area (Å²) < 4.78 is 39.6. The van der Waals surface area contributed by atoms with Gasteiger partial charge in [-0.25, -0.2) is 14.6 Å². The second-order valence-corrected chi connectivity index (χ2v) is 7.22. The molecule has 0 spiro atoms. The van der Waals surface area contributed by atoms with E-state index >= 15 is 0 Å². The molecule has 0 saturated carbocycles. The molecule has 29 heavy (non-hydrogen) atoms. The molecule has 152 valence electrons. The molecule has 7 nitrogen and oxygen atoms in total. The molecule has 0 aliphatic heterocycles. The number of hydrogen-bond acceptors (Lipinski definition) is 6. The van der Waals surface area contributed by atoms with E-state index in [0.29, 0.717) is 11.4 Å². The second-order valence-electron chi connectivity index (χ2n) is 5.75. The molecule has 3 aromatic rings. The number of amides is 1. The van der Waals surface area contributed by atoms with Crippen molar-refractivity contribution in [3.63, 3.8) is 0 Å². The minimum absolute atomic E-state index is 0.0704. The molecule has 1 amide bonds. The molecule has 3 heterocycles. The Morgan fingerprint density at radius 2 is 2.14 bits per heavy atom. The van der Waals surface area contributed by atoms with Gasteiger partial charge in [0.1, 0.15) is 17.7 Å². The number of nitrogens with zero attached hydrogens (tertiary/aromatic N) is 6. The lowest BCUT2D eigenvalue weighted by atomic mass is 10.4. The van der Waals surface area contributed by atoms with Gasteiger partial charge in [-0.15, -0.1) is 11.8 Å². The van der Waals surface area contributed by atoms with Gasteiger partial charge < -0.3 is 4.90 Å². The number of rotatable bonds is 6. The van der Waals surface area contributed by atoms with Gasteiger partial charge in [-0.3, -0.25) is 9.78 Å². The van der Waals surface area contributed by atoms with E-state index in [1.54, 1.807) is 37.8 Å². The molecule has 0 N–H and O–H groups in total. The van der Waals surface area contributed by atoms with Gasteiger partial charge in [-0.05, 0) is 12.1 Å². The van der Waals surface area contributed by atoms with Crippen LogP contribution in [0.25, 0.3) is 5.69 Å². The molecule has 3 aromatic heterocycles. The maximum absolute atomic E-state index is 12.7. The van der Waals surface area contributed by atoms with Gasteiger partial charge in [0, 0.05) is 31.5 Å². The first-order valence-electron chi connectivity index (χ1n) is 8.20. The highest BCUT2D eigenvalue weighted by atomic mass is 35.5. The largest absolute Gasteiger partial charge is 0.433 e. The number of hydrogen-bond donors (Lipinski definition) is 0. The molecule has 0 aliphatic rings. The van der Waals surface area contributed by atoms with Gasteiger partial charge in [0.2, 0.25) is 5.91 Å². The summed E-state index contributed by atoms with van der Waals surface area (Å²) in [6, 6.07) is 4.39. The van der Waals surface area contributed by atoms with Crippen LogP contribution in [-0.4, -0.2) is 43.4 Å². The Morgan fingerprint density at radius 1 is 1.34 bits per heavy atom. The van der Waals surface area contributed by atoms with Gasteiger partial charge in [-0.2, -0.15) is 18.3 Å². The van der Waals surface area contributed by atoms with E-state index in [4.69, 9.17) is 11.6 Å². The number of carbonyl (C=O) groups excluding carboxylic acids is 1. The monoisotopic (exact) mass is 442 g/mol. The summed E-state index contributed by atoms with van der Waals surface area (Å²) in [6.45, 7) is 0. The fourth-order valence-corrected chi connectivity index (χ4v) is 3.37. The standard InChI is InChI=1S/C17H14ClF3N6OS/c1-26(12-9-27(25-16(12)18)11-3-2-5-22-8-11)15(28)4-6-29-14-7-13(17(19,20)21)23-10-24-14/h2-3,5,7-10H,4,6H2,1H3. The number of alkyl halides is 3. The lowest BCUT2D eigenvalue weighted by molar-refractivity contribution is -0.141. The van der Waals surface area contributed by atoms with E-state index in [-0.39, 0.29) is 28.3 Å². The van der Waals surface area contributed by atoms with E-state index in [9.17, 15) is 18.0 Å². The molecule has 0 saturated heterocycles. The average molecular weight is 443 g/mol. The number of halogens is 4. The summed E-state index contributed by atoms with van der Waals surface area (Å²) in [6.07, 6.45) is 1.21. The number of aromatic nitrogens is 5. The van der Waals surface area contributed by atoms with Gasteiger partial charge in [0.15, 0.2) is 5.15 Å². The van der Waals surface area contributed by atoms with Crippen molar-refractivity contribution in [2.45, 2.75) is 17.6 Å². The molecule has 0 bridgehead atoms. The number of anilines is 1. The summed E-state index contributed by atoms with van der Waals surface area (Å²) in [5.74, 6) is -0.0264. The smallest absolute Gasteiger partial charge is 0.311 e.